The summed E-state index contributed by atoms with van der Waals surface area (Å²) < 4.78 is 1.60. The topological polar surface area (TPSA) is 38.1 Å². The van der Waals surface area contributed by atoms with E-state index in [4.69, 9.17) is 0 Å². The summed E-state index contributed by atoms with van der Waals surface area (Å²) in [6.45, 7) is 3.74. The van der Waals surface area contributed by atoms with Crippen molar-refractivity contribution in [3.8, 4) is 0 Å². The van der Waals surface area contributed by atoms with Gasteiger partial charge in [0, 0.05) is 31.8 Å². The molecule has 1 aromatic carbocycles. The van der Waals surface area contributed by atoms with Crippen LogP contribution in [0.2, 0.25) is 0 Å². The van der Waals surface area contributed by atoms with Crippen molar-refractivity contribution < 1.29 is 0 Å². The number of hydrogen-bond acceptors (Lipinski definition) is 3. The van der Waals surface area contributed by atoms with Gasteiger partial charge < -0.3 is 5.01 Å². The van der Waals surface area contributed by atoms with Crippen LogP contribution in [-0.4, -0.2) is 23.8 Å². The molecule has 0 atom stereocenters. The Morgan fingerprint density at radius 2 is 1.79 bits per heavy atom. The fourth-order valence-electron chi connectivity index (χ4n) is 2.26. The van der Waals surface area contributed by atoms with Gasteiger partial charge in [-0.05, 0) is 19.4 Å². The lowest BCUT2D eigenvalue weighted by Gasteiger charge is -2.20. The molecule has 0 N–H and O–H groups in total. The zero-order valence-electron chi connectivity index (χ0n) is 11.8. The van der Waals surface area contributed by atoms with Crippen molar-refractivity contribution in [3.63, 3.8) is 0 Å². The largest absolute Gasteiger partial charge is 0.315 e. The normalized spacial score (nSPS) is 10.5. The van der Waals surface area contributed by atoms with Gasteiger partial charge >= 0.3 is 0 Å². The second kappa shape index (κ2) is 5.26. The Bertz CT molecular complexity index is 630. The van der Waals surface area contributed by atoms with Crippen LogP contribution in [-0.2, 0) is 6.42 Å². The molecule has 0 spiro atoms. The second-order valence-electron chi connectivity index (χ2n) is 4.85. The summed E-state index contributed by atoms with van der Waals surface area (Å²) in [5.74, 6) is 0.712. The van der Waals surface area contributed by atoms with Gasteiger partial charge in [-0.25, -0.2) is 9.66 Å². The van der Waals surface area contributed by atoms with Crippen LogP contribution >= 0.6 is 0 Å². The van der Waals surface area contributed by atoms with Gasteiger partial charge in [-0.1, -0.05) is 30.3 Å². The lowest BCUT2D eigenvalue weighted by atomic mass is 10.1. The van der Waals surface area contributed by atoms with Crippen molar-refractivity contribution in [3.05, 3.63) is 63.3 Å². The quantitative estimate of drug-likeness (QED) is 0.839. The minimum Gasteiger partial charge on any atom is -0.315 e. The lowest BCUT2D eigenvalue weighted by molar-refractivity contribution is 0.640. The molecule has 2 aromatic rings. The van der Waals surface area contributed by atoms with E-state index in [9.17, 15) is 4.79 Å². The molecule has 0 saturated heterocycles. The number of aryl methyl sites for hydroxylation is 2. The minimum absolute atomic E-state index is 0.0128. The van der Waals surface area contributed by atoms with E-state index in [-0.39, 0.29) is 5.56 Å². The number of aromatic nitrogens is 2. The zero-order chi connectivity index (χ0) is 14.0. The number of hydrogen-bond donors (Lipinski definition) is 0. The maximum absolute atomic E-state index is 12.5. The Labute approximate surface area is 113 Å². The summed E-state index contributed by atoms with van der Waals surface area (Å²) in [5, 5.41) is 1.76. The smallest absolute Gasteiger partial charge is 0.276 e. The van der Waals surface area contributed by atoms with E-state index < -0.39 is 0 Å². The summed E-state index contributed by atoms with van der Waals surface area (Å²) in [7, 11) is 3.69. The summed E-state index contributed by atoms with van der Waals surface area (Å²) >= 11 is 0. The van der Waals surface area contributed by atoms with Crippen LogP contribution in [0.3, 0.4) is 0 Å². The van der Waals surface area contributed by atoms with Crippen LogP contribution in [0.15, 0.2) is 35.1 Å². The van der Waals surface area contributed by atoms with Gasteiger partial charge in [0.05, 0.1) is 0 Å². The van der Waals surface area contributed by atoms with Gasteiger partial charge in [-0.2, -0.15) is 0 Å². The minimum atomic E-state index is 0.0128. The first-order chi connectivity index (χ1) is 9.00. The summed E-state index contributed by atoms with van der Waals surface area (Å²) in [6, 6.07) is 9.99. The molecule has 0 aliphatic rings. The molecule has 0 radical (unpaired) electrons. The zero-order valence-corrected chi connectivity index (χ0v) is 11.8. The lowest BCUT2D eigenvalue weighted by Crippen LogP contribution is -2.40. The molecular weight excluding hydrogens is 238 g/mol. The Kier molecular flexibility index (Phi) is 3.69. The maximum atomic E-state index is 12.5. The standard InChI is InChI=1S/C15H19N3O/c1-11-14(10-13-8-6-5-7-9-13)15(19)18(17(3)4)12(2)16-11/h5-9H,10H2,1-4H3. The van der Waals surface area contributed by atoms with Crippen molar-refractivity contribution in [1.82, 2.24) is 9.66 Å². The van der Waals surface area contributed by atoms with Crippen molar-refractivity contribution >= 4 is 0 Å². The molecule has 0 aliphatic heterocycles. The monoisotopic (exact) mass is 257 g/mol. The van der Waals surface area contributed by atoms with E-state index in [2.05, 4.69) is 4.98 Å². The second-order valence-corrected chi connectivity index (χ2v) is 4.85. The van der Waals surface area contributed by atoms with Gasteiger partial charge in [0.2, 0.25) is 0 Å². The van der Waals surface area contributed by atoms with Crippen LogP contribution in [0.4, 0.5) is 0 Å². The third-order valence-corrected chi connectivity index (χ3v) is 3.15. The van der Waals surface area contributed by atoms with Crippen LogP contribution in [0.5, 0.6) is 0 Å². The molecule has 1 heterocycles. The molecule has 0 unspecified atom stereocenters. The molecule has 0 bridgehead atoms. The summed E-state index contributed by atoms with van der Waals surface area (Å²) in [5.41, 5.74) is 2.70. The van der Waals surface area contributed by atoms with Crippen molar-refractivity contribution in [2.75, 3.05) is 19.1 Å². The average molecular weight is 257 g/mol. The number of benzene rings is 1. The van der Waals surface area contributed by atoms with Crippen LogP contribution in [0.1, 0.15) is 22.6 Å². The van der Waals surface area contributed by atoms with Gasteiger partial charge in [-0.3, -0.25) is 4.79 Å². The molecule has 0 aliphatic carbocycles. The Balaban J connectivity index is 2.52. The fraction of sp³-hybridized carbons (Fsp3) is 0.333. The highest BCUT2D eigenvalue weighted by atomic mass is 16.1. The molecule has 0 saturated carbocycles. The third kappa shape index (κ3) is 2.67. The highest BCUT2D eigenvalue weighted by molar-refractivity contribution is 5.27. The first-order valence-corrected chi connectivity index (χ1v) is 6.31. The average Bonchev–Trinajstić information content (AvgIpc) is 2.35. The Morgan fingerprint density at radius 1 is 1.16 bits per heavy atom. The molecule has 4 nitrogen and oxygen atoms in total. The molecule has 19 heavy (non-hydrogen) atoms. The van der Waals surface area contributed by atoms with Gasteiger partial charge in [0.1, 0.15) is 5.82 Å². The maximum Gasteiger partial charge on any atom is 0.276 e. The Morgan fingerprint density at radius 3 is 2.37 bits per heavy atom. The number of rotatable bonds is 3. The SMILES string of the molecule is Cc1nc(C)n(N(C)C)c(=O)c1Cc1ccccc1. The van der Waals surface area contributed by atoms with E-state index >= 15 is 0 Å². The fourth-order valence-corrected chi connectivity index (χ4v) is 2.26. The van der Waals surface area contributed by atoms with Crippen LogP contribution in [0, 0.1) is 13.8 Å². The highest BCUT2D eigenvalue weighted by Crippen LogP contribution is 2.09. The molecule has 1 aromatic heterocycles. The van der Waals surface area contributed by atoms with Crippen molar-refractivity contribution in [2.24, 2.45) is 0 Å². The number of nitrogens with zero attached hydrogens (tertiary/aromatic N) is 3. The van der Waals surface area contributed by atoms with Crippen LogP contribution < -0.4 is 10.6 Å². The molecule has 100 valence electrons. The molecular formula is C15H19N3O. The third-order valence-electron chi connectivity index (χ3n) is 3.15. The predicted octanol–water partition coefficient (Wildman–Crippen LogP) is 1.65. The van der Waals surface area contributed by atoms with E-state index in [1.54, 1.807) is 9.69 Å². The van der Waals surface area contributed by atoms with E-state index in [0.717, 1.165) is 16.8 Å². The van der Waals surface area contributed by atoms with Crippen molar-refractivity contribution in [1.29, 1.82) is 0 Å². The first-order valence-electron chi connectivity index (χ1n) is 6.31. The van der Waals surface area contributed by atoms with Gasteiger partial charge in [-0.15, -0.1) is 0 Å². The van der Waals surface area contributed by atoms with Crippen molar-refractivity contribution in [2.45, 2.75) is 20.3 Å². The van der Waals surface area contributed by atoms with E-state index in [0.29, 0.717) is 12.2 Å². The summed E-state index contributed by atoms with van der Waals surface area (Å²) in [4.78, 5) is 17.0. The Hall–Kier alpha value is -2.10. The van der Waals surface area contributed by atoms with Gasteiger partial charge in [0.25, 0.3) is 5.56 Å². The van der Waals surface area contributed by atoms with E-state index in [1.807, 2.05) is 58.3 Å². The molecule has 0 amide bonds. The molecule has 0 fully saturated rings. The first kappa shape index (κ1) is 13.3. The van der Waals surface area contributed by atoms with E-state index in [1.165, 1.54) is 0 Å². The molecule has 2 rings (SSSR count). The van der Waals surface area contributed by atoms with Crippen LogP contribution in [0.25, 0.3) is 0 Å². The predicted molar refractivity (Wildman–Crippen MR) is 77.3 cm³/mol. The highest BCUT2D eigenvalue weighted by Gasteiger charge is 2.13. The van der Waals surface area contributed by atoms with Gasteiger partial charge in [0.15, 0.2) is 0 Å². The summed E-state index contributed by atoms with van der Waals surface area (Å²) in [6.07, 6.45) is 0.618. The molecule has 4 heteroatoms.